The van der Waals surface area contributed by atoms with Gasteiger partial charge in [-0.25, -0.2) is 4.98 Å². The molecular formula is C9H8ClF3N2O. The van der Waals surface area contributed by atoms with Gasteiger partial charge in [0.2, 0.25) is 5.91 Å². The van der Waals surface area contributed by atoms with Gasteiger partial charge in [0.25, 0.3) is 0 Å². The summed E-state index contributed by atoms with van der Waals surface area (Å²) in [6, 6.07) is 1.45. The molecule has 0 fully saturated rings. The second kappa shape index (κ2) is 4.69. The molecule has 0 aliphatic heterocycles. The Hall–Kier alpha value is -1.30. The van der Waals surface area contributed by atoms with E-state index in [0.717, 1.165) is 0 Å². The minimum Gasteiger partial charge on any atom is -0.323 e. The standard InChI is InChI=1S/C9H8ClF3N2O/c1-5-2-6(8(10)14-4-5)15-7(16)3-9(11,12)13/h2,4H,3H2,1H3,(H,15,16). The van der Waals surface area contributed by atoms with Gasteiger partial charge in [0.15, 0.2) is 5.15 Å². The molecule has 0 aliphatic rings. The Bertz CT molecular complexity index is 406. The van der Waals surface area contributed by atoms with Gasteiger partial charge in [0, 0.05) is 6.20 Å². The van der Waals surface area contributed by atoms with E-state index in [1.807, 2.05) is 0 Å². The van der Waals surface area contributed by atoms with Crippen LogP contribution in [0.15, 0.2) is 12.3 Å². The van der Waals surface area contributed by atoms with Gasteiger partial charge in [-0.2, -0.15) is 13.2 Å². The highest BCUT2D eigenvalue weighted by atomic mass is 35.5. The van der Waals surface area contributed by atoms with Crippen molar-refractivity contribution in [2.75, 3.05) is 5.32 Å². The minimum atomic E-state index is -4.53. The molecule has 0 saturated carbocycles. The summed E-state index contributed by atoms with van der Waals surface area (Å²) in [5, 5.41) is 2.01. The maximum Gasteiger partial charge on any atom is 0.397 e. The lowest BCUT2D eigenvalue weighted by molar-refractivity contribution is -0.150. The van der Waals surface area contributed by atoms with Crippen LogP contribution >= 0.6 is 11.6 Å². The lowest BCUT2D eigenvalue weighted by Gasteiger charge is -2.09. The smallest absolute Gasteiger partial charge is 0.323 e. The third-order valence-corrected chi connectivity index (χ3v) is 1.91. The van der Waals surface area contributed by atoms with Gasteiger partial charge >= 0.3 is 6.18 Å². The van der Waals surface area contributed by atoms with Gasteiger partial charge < -0.3 is 5.32 Å². The van der Waals surface area contributed by atoms with E-state index < -0.39 is 18.5 Å². The van der Waals surface area contributed by atoms with Crippen molar-refractivity contribution in [2.45, 2.75) is 19.5 Å². The first kappa shape index (κ1) is 12.8. The van der Waals surface area contributed by atoms with Gasteiger partial charge in [-0.05, 0) is 18.6 Å². The van der Waals surface area contributed by atoms with E-state index in [9.17, 15) is 18.0 Å². The molecule has 1 heterocycles. The molecule has 1 rings (SSSR count). The Morgan fingerprint density at radius 1 is 1.56 bits per heavy atom. The van der Waals surface area contributed by atoms with Crippen LogP contribution < -0.4 is 5.32 Å². The molecule has 88 valence electrons. The summed E-state index contributed by atoms with van der Waals surface area (Å²) in [5.74, 6) is -1.17. The lowest BCUT2D eigenvalue weighted by atomic mass is 10.3. The summed E-state index contributed by atoms with van der Waals surface area (Å²) in [6.45, 7) is 1.68. The number of aryl methyl sites for hydroxylation is 1. The maximum absolute atomic E-state index is 11.9. The van der Waals surface area contributed by atoms with E-state index in [-0.39, 0.29) is 10.8 Å². The summed E-state index contributed by atoms with van der Waals surface area (Å²) >= 11 is 5.60. The van der Waals surface area contributed by atoms with E-state index in [4.69, 9.17) is 11.6 Å². The average molecular weight is 253 g/mol. The third kappa shape index (κ3) is 4.06. The number of nitrogens with zero attached hydrogens (tertiary/aromatic N) is 1. The number of carbonyl (C=O) groups is 1. The van der Waals surface area contributed by atoms with Crippen molar-refractivity contribution < 1.29 is 18.0 Å². The normalized spacial score (nSPS) is 11.3. The highest BCUT2D eigenvalue weighted by molar-refractivity contribution is 6.32. The van der Waals surface area contributed by atoms with Gasteiger partial charge in [-0.15, -0.1) is 0 Å². The van der Waals surface area contributed by atoms with E-state index in [0.29, 0.717) is 5.56 Å². The zero-order chi connectivity index (χ0) is 12.3. The predicted octanol–water partition coefficient (Wildman–Crippen LogP) is 2.93. The number of hydrogen-bond donors (Lipinski definition) is 1. The van der Waals surface area contributed by atoms with Crippen molar-refractivity contribution >= 4 is 23.2 Å². The molecule has 0 bridgehead atoms. The quantitative estimate of drug-likeness (QED) is 0.823. The van der Waals surface area contributed by atoms with Crippen molar-refractivity contribution in [3.05, 3.63) is 23.0 Å². The summed E-state index contributed by atoms with van der Waals surface area (Å²) in [5.41, 5.74) is 0.766. The first-order chi connectivity index (χ1) is 7.28. The van der Waals surface area contributed by atoms with Crippen LogP contribution in [0.1, 0.15) is 12.0 Å². The molecule has 7 heteroatoms. The number of anilines is 1. The van der Waals surface area contributed by atoms with Crippen LogP contribution in [0.2, 0.25) is 5.15 Å². The van der Waals surface area contributed by atoms with Crippen LogP contribution in [0.4, 0.5) is 18.9 Å². The highest BCUT2D eigenvalue weighted by Crippen LogP contribution is 2.23. The minimum absolute atomic E-state index is 0.0406. The van der Waals surface area contributed by atoms with Gasteiger partial charge in [0.05, 0.1) is 5.69 Å². The number of carbonyl (C=O) groups excluding carboxylic acids is 1. The van der Waals surface area contributed by atoms with Gasteiger partial charge in [-0.3, -0.25) is 4.79 Å². The van der Waals surface area contributed by atoms with Crippen LogP contribution in [0, 0.1) is 6.92 Å². The Balaban J connectivity index is 2.73. The fourth-order valence-electron chi connectivity index (χ4n) is 1.02. The van der Waals surface area contributed by atoms with E-state index in [1.54, 1.807) is 6.92 Å². The molecule has 0 saturated heterocycles. The number of halogens is 4. The summed E-state index contributed by atoms with van der Waals surface area (Å²) < 4.78 is 35.6. The topological polar surface area (TPSA) is 42.0 Å². The fraction of sp³-hybridized carbons (Fsp3) is 0.333. The molecule has 0 unspecified atom stereocenters. The largest absolute Gasteiger partial charge is 0.397 e. The molecular weight excluding hydrogens is 245 g/mol. The highest BCUT2D eigenvalue weighted by Gasteiger charge is 2.31. The zero-order valence-electron chi connectivity index (χ0n) is 8.23. The maximum atomic E-state index is 11.9. The second-order valence-electron chi connectivity index (χ2n) is 3.19. The number of nitrogens with one attached hydrogen (secondary N) is 1. The number of pyridine rings is 1. The third-order valence-electron chi connectivity index (χ3n) is 1.61. The number of aromatic nitrogens is 1. The monoisotopic (exact) mass is 252 g/mol. The average Bonchev–Trinajstić information content (AvgIpc) is 2.08. The SMILES string of the molecule is Cc1cnc(Cl)c(NC(=O)CC(F)(F)F)c1. The summed E-state index contributed by atoms with van der Waals surface area (Å²) in [4.78, 5) is 14.7. The molecule has 1 N–H and O–H groups in total. The molecule has 16 heavy (non-hydrogen) atoms. The Morgan fingerprint density at radius 3 is 2.75 bits per heavy atom. The van der Waals surface area contributed by atoms with Crippen molar-refractivity contribution in [3.63, 3.8) is 0 Å². The molecule has 0 aromatic carbocycles. The van der Waals surface area contributed by atoms with E-state index >= 15 is 0 Å². The molecule has 0 spiro atoms. The Labute approximate surface area is 94.6 Å². The number of alkyl halides is 3. The number of amides is 1. The lowest BCUT2D eigenvalue weighted by Crippen LogP contribution is -2.21. The van der Waals surface area contributed by atoms with Crippen molar-refractivity contribution in [1.82, 2.24) is 4.98 Å². The number of hydrogen-bond acceptors (Lipinski definition) is 2. The fourth-order valence-corrected chi connectivity index (χ4v) is 1.17. The molecule has 0 atom stereocenters. The summed E-state index contributed by atoms with van der Waals surface area (Å²) in [7, 11) is 0. The summed E-state index contributed by atoms with van der Waals surface area (Å²) in [6.07, 6.45) is -4.63. The van der Waals surface area contributed by atoms with E-state index in [1.165, 1.54) is 12.3 Å². The van der Waals surface area contributed by atoms with Crippen LogP contribution in [-0.2, 0) is 4.79 Å². The molecule has 1 amide bonds. The first-order valence-corrected chi connectivity index (χ1v) is 4.64. The van der Waals surface area contributed by atoms with Gasteiger partial charge in [-0.1, -0.05) is 11.6 Å². The van der Waals surface area contributed by atoms with Gasteiger partial charge in [0.1, 0.15) is 6.42 Å². The van der Waals surface area contributed by atoms with Crippen LogP contribution in [0.3, 0.4) is 0 Å². The van der Waals surface area contributed by atoms with E-state index in [2.05, 4.69) is 10.3 Å². The van der Waals surface area contributed by atoms with Crippen molar-refractivity contribution in [3.8, 4) is 0 Å². The Kier molecular flexibility index (Phi) is 3.74. The number of rotatable bonds is 2. The first-order valence-electron chi connectivity index (χ1n) is 4.26. The van der Waals surface area contributed by atoms with Crippen LogP contribution in [-0.4, -0.2) is 17.1 Å². The van der Waals surface area contributed by atoms with Crippen molar-refractivity contribution in [2.24, 2.45) is 0 Å². The molecule has 3 nitrogen and oxygen atoms in total. The molecule has 1 aromatic heterocycles. The molecule has 0 radical (unpaired) electrons. The predicted molar refractivity (Wildman–Crippen MR) is 53.3 cm³/mol. The zero-order valence-corrected chi connectivity index (χ0v) is 8.99. The second-order valence-corrected chi connectivity index (χ2v) is 3.55. The van der Waals surface area contributed by atoms with Crippen molar-refractivity contribution in [1.29, 1.82) is 0 Å². The van der Waals surface area contributed by atoms with Crippen LogP contribution in [0.25, 0.3) is 0 Å². The molecule has 0 aliphatic carbocycles. The van der Waals surface area contributed by atoms with Crippen LogP contribution in [0.5, 0.6) is 0 Å². The molecule has 1 aromatic rings. The Morgan fingerprint density at radius 2 is 2.19 bits per heavy atom.